The number of rotatable bonds is 6. The summed E-state index contributed by atoms with van der Waals surface area (Å²) in [6.45, 7) is 1.27. The number of amides is 2. The van der Waals surface area contributed by atoms with Crippen LogP contribution in [0.4, 0.5) is 26.3 Å². The van der Waals surface area contributed by atoms with E-state index in [9.17, 15) is 35.9 Å². The molecular formula is C22H17Cl3F6N2O2. The van der Waals surface area contributed by atoms with Crippen LogP contribution in [0.5, 0.6) is 0 Å². The van der Waals surface area contributed by atoms with E-state index < -0.39 is 47.3 Å². The molecule has 35 heavy (non-hydrogen) atoms. The van der Waals surface area contributed by atoms with E-state index in [-0.39, 0.29) is 26.2 Å². The Morgan fingerprint density at radius 1 is 0.971 bits per heavy atom. The fourth-order valence-corrected chi connectivity index (χ4v) is 3.64. The number of likely N-dealkylation sites (N-methyl/N-ethyl adjacent to an activating group) is 1. The fraction of sp³-hybridized carbons (Fsp3) is 0.273. The minimum Gasteiger partial charge on any atom is -0.357 e. The molecular weight excluding hydrogens is 545 g/mol. The molecule has 2 N–H and O–H groups in total. The van der Waals surface area contributed by atoms with Gasteiger partial charge in [0, 0.05) is 7.05 Å². The summed E-state index contributed by atoms with van der Waals surface area (Å²) in [5.74, 6) is -4.07. The number of hydrogen-bond acceptors (Lipinski definition) is 2. The van der Waals surface area contributed by atoms with Gasteiger partial charge in [0.1, 0.15) is 6.04 Å². The van der Waals surface area contributed by atoms with Crippen molar-refractivity contribution in [2.24, 2.45) is 0 Å². The summed E-state index contributed by atoms with van der Waals surface area (Å²) in [7, 11) is 1.29. The minimum absolute atomic E-state index is 0.142. The van der Waals surface area contributed by atoms with Crippen LogP contribution in [0.25, 0.3) is 6.08 Å². The Labute approximate surface area is 211 Å². The Morgan fingerprint density at radius 3 is 2.03 bits per heavy atom. The van der Waals surface area contributed by atoms with Gasteiger partial charge in [-0.05, 0) is 42.3 Å². The van der Waals surface area contributed by atoms with Crippen molar-refractivity contribution >= 4 is 52.7 Å². The molecule has 0 aliphatic rings. The molecule has 2 unspecified atom stereocenters. The molecule has 13 heteroatoms. The lowest BCUT2D eigenvalue weighted by Crippen LogP contribution is -2.44. The van der Waals surface area contributed by atoms with Crippen LogP contribution in [-0.4, -0.2) is 31.1 Å². The third-order valence-electron chi connectivity index (χ3n) is 4.78. The first kappa shape index (κ1) is 28.8. The number of alkyl halides is 6. The standard InChI is InChI=1S/C22H17Cl3F6N2O2/c1-10(19(34)32-2)33-20(35)13-5-3-11(7-15(13)22(29,30)31)4-6-14(21(26,27)28)12-8-16(23)18(25)17(24)9-12/h3-10,14H,1-2H3,(H,32,34)(H,33,35)/b6-4+. The van der Waals surface area contributed by atoms with Crippen molar-refractivity contribution in [3.63, 3.8) is 0 Å². The van der Waals surface area contributed by atoms with E-state index in [4.69, 9.17) is 34.8 Å². The number of allylic oxidation sites excluding steroid dienone is 1. The van der Waals surface area contributed by atoms with E-state index >= 15 is 0 Å². The van der Waals surface area contributed by atoms with Gasteiger partial charge < -0.3 is 10.6 Å². The average Bonchev–Trinajstić information content (AvgIpc) is 2.75. The molecule has 0 heterocycles. The zero-order valence-electron chi connectivity index (χ0n) is 17.9. The van der Waals surface area contributed by atoms with Crippen LogP contribution in [0, 0.1) is 0 Å². The highest BCUT2D eigenvalue weighted by atomic mass is 35.5. The van der Waals surface area contributed by atoms with Crippen molar-refractivity contribution in [3.05, 3.63) is 73.7 Å². The monoisotopic (exact) mass is 560 g/mol. The van der Waals surface area contributed by atoms with E-state index in [0.29, 0.717) is 12.1 Å². The van der Waals surface area contributed by atoms with Gasteiger partial charge in [0.15, 0.2) is 0 Å². The molecule has 0 aliphatic carbocycles. The topological polar surface area (TPSA) is 58.2 Å². The first-order chi connectivity index (χ1) is 16.1. The third kappa shape index (κ3) is 7.28. The highest BCUT2D eigenvalue weighted by Crippen LogP contribution is 2.41. The molecule has 2 amide bonds. The molecule has 0 bridgehead atoms. The highest BCUT2D eigenvalue weighted by Gasteiger charge is 2.40. The van der Waals surface area contributed by atoms with Crippen LogP contribution in [0.3, 0.4) is 0 Å². The third-order valence-corrected chi connectivity index (χ3v) is 5.98. The van der Waals surface area contributed by atoms with Crippen molar-refractivity contribution in [2.75, 3.05) is 7.05 Å². The molecule has 4 nitrogen and oxygen atoms in total. The fourth-order valence-electron chi connectivity index (χ4n) is 3.03. The van der Waals surface area contributed by atoms with Crippen LogP contribution in [0.2, 0.25) is 15.1 Å². The summed E-state index contributed by atoms with van der Waals surface area (Å²) < 4.78 is 81.9. The quantitative estimate of drug-likeness (QED) is 0.298. The van der Waals surface area contributed by atoms with Gasteiger partial charge >= 0.3 is 12.4 Å². The SMILES string of the molecule is CNC(=O)C(C)NC(=O)c1ccc(/C=C/C(c2cc(Cl)c(Cl)c(Cl)c2)C(F)(F)F)cc1C(F)(F)F. The van der Waals surface area contributed by atoms with Gasteiger partial charge in [-0.15, -0.1) is 0 Å². The zero-order chi connectivity index (χ0) is 26.7. The summed E-state index contributed by atoms with van der Waals surface area (Å²) in [5.41, 5.74) is -2.81. The van der Waals surface area contributed by atoms with Crippen LogP contribution in [0.1, 0.15) is 39.9 Å². The second-order valence-electron chi connectivity index (χ2n) is 7.29. The van der Waals surface area contributed by atoms with E-state index in [0.717, 1.165) is 30.3 Å². The van der Waals surface area contributed by atoms with Gasteiger partial charge in [0.25, 0.3) is 5.91 Å². The van der Waals surface area contributed by atoms with E-state index in [1.165, 1.54) is 14.0 Å². The summed E-state index contributed by atoms with van der Waals surface area (Å²) in [6, 6.07) is 3.18. The summed E-state index contributed by atoms with van der Waals surface area (Å²) in [4.78, 5) is 23.9. The number of halogens is 9. The molecule has 2 rings (SSSR count). The molecule has 190 valence electrons. The largest absolute Gasteiger partial charge is 0.417 e. The van der Waals surface area contributed by atoms with Crippen molar-refractivity contribution in [1.82, 2.24) is 10.6 Å². The van der Waals surface area contributed by atoms with E-state index in [1.807, 2.05) is 0 Å². The van der Waals surface area contributed by atoms with Crippen LogP contribution < -0.4 is 10.6 Å². The summed E-state index contributed by atoms with van der Waals surface area (Å²) >= 11 is 17.4. The van der Waals surface area contributed by atoms with Crippen LogP contribution in [-0.2, 0) is 11.0 Å². The van der Waals surface area contributed by atoms with Crippen molar-refractivity contribution in [2.45, 2.75) is 31.2 Å². The van der Waals surface area contributed by atoms with Gasteiger partial charge in [-0.1, -0.05) is 53.0 Å². The number of hydrogen-bond donors (Lipinski definition) is 2. The Bertz CT molecular complexity index is 1130. The van der Waals surface area contributed by atoms with E-state index in [2.05, 4.69) is 10.6 Å². The maximum Gasteiger partial charge on any atom is 0.417 e. The Morgan fingerprint density at radius 2 is 1.54 bits per heavy atom. The summed E-state index contributed by atoms with van der Waals surface area (Å²) in [6.07, 6.45) is -8.37. The maximum atomic E-state index is 13.7. The molecule has 2 aromatic carbocycles. The van der Waals surface area contributed by atoms with Gasteiger partial charge in [-0.2, -0.15) is 26.3 Å². The Balaban J connectivity index is 2.47. The zero-order valence-corrected chi connectivity index (χ0v) is 20.2. The minimum atomic E-state index is -5.01. The highest BCUT2D eigenvalue weighted by molar-refractivity contribution is 6.48. The average molecular weight is 562 g/mol. The first-order valence-electron chi connectivity index (χ1n) is 9.69. The van der Waals surface area contributed by atoms with Crippen LogP contribution >= 0.6 is 34.8 Å². The van der Waals surface area contributed by atoms with Gasteiger partial charge in [0.2, 0.25) is 5.91 Å². The molecule has 0 aliphatic heterocycles. The first-order valence-corrected chi connectivity index (χ1v) is 10.8. The Hall–Kier alpha value is -2.43. The van der Waals surface area contributed by atoms with E-state index in [1.54, 1.807) is 0 Å². The Kier molecular flexibility index (Phi) is 9.13. The number of benzene rings is 2. The molecule has 0 saturated heterocycles. The normalized spacial score (nSPS) is 14.0. The van der Waals surface area contributed by atoms with Crippen molar-refractivity contribution in [3.8, 4) is 0 Å². The number of nitrogens with one attached hydrogen (secondary N) is 2. The molecule has 0 spiro atoms. The molecule has 2 atom stereocenters. The molecule has 0 saturated carbocycles. The van der Waals surface area contributed by atoms with Crippen molar-refractivity contribution in [1.29, 1.82) is 0 Å². The lowest BCUT2D eigenvalue weighted by Gasteiger charge is -2.19. The van der Waals surface area contributed by atoms with Crippen LogP contribution in [0.15, 0.2) is 36.4 Å². The second-order valence-corrected chi connectivity index (χ2v) is 8.48. The maximum absolute atomic E-state index is 13.7. The smallest absolute Gasteiger partial charge is 0.357 e. The number of carbonyl (C=O) groups excluding carboxylic acids is 2. The van der Waals surface area contributed by atoms with Gasteiger partial charge in [-0.25, -0.2) is 0 Å². The second kappa shape index (κ2) is 11.1. The molecule has 0 aromatic heterocycles. The number of carbonyl (C=O) groups is 2. The predicted octanol–water partition coefficient (Wildman–Crippen LogP) is 6.89. The molecule has 0 radical (unpaired) electrons. The van der Waals surface area contributed by atoms with Gasteiger partial charge in [-0.3, -0.25) is 9.59 Å². The van der Waals surface area contributed by atoms with Crippen molar-refractivity contribution < 1.29 is 35.9 Å². The predicted molar refractivity (Wildman–Crippen MR) is 122 cm³/mol. The van der Waals surface area contributed by atoms with Gasteiger partial charge in [0.05, 0.1) is 32.1 Å². The lowest BCUT2D eigenvalue weighted by molar-refractivity contribution is -0.139. The summed E-state index contributed by atoms with van der Waals surface area (Å²) in [5, 5.41) is 3.78. The molecule has 2 aromatic rings. The molecule has 0 fully saturated rings. The lowest BCUT2D eigenvalue weighted by atomic mass is 9.96.